The van der Waals surface area contributed by atoms with E-state index in [1.165, 1.54) is 0 Å². The molecule has 7 nitrogen and oxygen atoms in total. The van der Waals surface area contributed by atoms with Crippen molar-refractivity contribution in [1.82, 2.24) is 15.0 Å². The third-order valence-electron chi connectivity index (χ3n) is 3.53. The van der Waals surface area contributed by atoms with Crippen LogP contribution in [0.3, 0.4) is 0 Å². The molecule has 24 heavy (non-hydrogen) atoms. The van der Waals surface area contributed by atoms with Gasteiger partial charge in [-0.05, 0) is 37.2 Å². The average Bonchev–Trinajstić information content (AvgIpc) is 3.02. The second-order valence-corrected chi connectivity index (χ2v) is 5.43. The van der Waals surface area contributed by atoms with Gasteiger partial charge in [-0.3, -0.25) is 9.69 Å². The standard InChI is InChI=1S/C17H24N4O3/c1-4-6-15-19-17(24-20-15)12-21(5-2)11-16(22)18-13-7-9-14(23-3)10-8-13/h7-10H,4-6,11-12H2,1-3H3,(H,18,22). The van der Waals surface area contributed by atoms with Crippen LogP contribution in [0.4, 0.5) is 5.69 Å². The smallest absolute Gasteiger partial charge is 0.240 e. The predicted molar refractivity (Wildman–Crippen MR) is 90.9 cm³/mol. The number of anilines is 1. The summed E-state index contributed by atoms with van der Waals surface area (Å²) in [6.07, 6.45) is 1.77. The van der Waals surface area contributed by atoms with Crippen LogP contribution in [-0.4, -0.2) is 41.1 Å². The van der Waals surface area contributed by atoms with Crippen LogP contribution in [0.5, 0.6) is 5.75 Å². The molecular weight excluding hydrogens is 308 g/mol. The first-order chi connectivity index (χ1) is 11.6. The number of methoxy groups -OCH3 is 1. The zero-order chi connectivity index (χ0) is 17.4. The summed E-state index contributed by atoms with van der Waals surface area (Å²) in [4.78, 5) is 18.5. The lowest BCUT2D eigenvalue weighted by Gasteiger charge is -2.17. The fourth-order valence-corrected chi connectivity index (χ4v) is 2.23. The summed E-state index contributed by atoms with van der Waals surface area (Å²) in [6, 6.07) is 7.23. The van der Waals surface area contributed by atoms with Gasteiger partial charge < -0.3 is 14.6 Å². The van der Waals surface area contributed by atoms with Gasteiger partial charge in [0.15, 0.2) is 5.82 Å². The number of hydrogen-bond donors (Lipinski definition) is 1. The molecule has 0 atom stereocenters. The molecule has 0 spiro atoms. The largest absolute Gasteiger partial charge is 0.497 e. The highest BCUT2D eigenvalue weighted by Crippen LogP contribution is 2.15. The Morgan fingerprint density at radius 2 is 2.04 bits per heavy atom. The molecule has 2 rings (SSSR count). The highest BCUT2D eigenvalue weighted by atomic mass is 16.5. The van der Waals surface area contributed by atoms with Crippen LogP contribution < -0.4 is 10.1 Å². The third-order valence-corrected chi connectivity index (χ3v) is 3.53. The lowest BCUT2D eigenvalue weighted by atomic mass is 10.3. The Morgan fingerprint density at radius 3 is 2.67 bits per heavy atom. The van der Waals surface area contributed by atoms with Gasteiger partial charge in [0.2, 0.25) is 11.8 Å². The summed E-state index contributed by atoms with van der Waals surface area (Å²) in [5.41, 5.74) is 0.736. The van der Waals surface area contributed by atoms with Crippen molar-refractivity contribution < 1.29 is 14.1 Å². The van der Waals surface area contributed by atoms with E-state index in [9.17, 15) is 4.79 Å². The summed E-state index contributed by atoms with van der Waals surface area (Å²) in [5, 5.41) is 6.80. The van der Waals surface area contributed by atoms with Gasteiger partial charge in [-0.15, -0.1) is 0 Å². The molecule has 1 N–H and O–H groups in total. The summed E-state index contributed by atoms with van der Waals surface area (Å²) < 4.78 is 10.3. The fourth-order valence-electron chi connectivity index (χ4n) is 2.23. The molecule has 1 aromatic heterocycles. The van der Waals surface area contributed by atoms with Crippen molar-refractivity contribution in [3.63, 3.8) is 0 Å². The maximum Gasteiger partial charge on any atom is 0.240 e. The van der Waals surface area contributed by atoms with Gasteiger partial charge in [0.05, 0.1) is 20.2 Å². The molecule has 0 bridgehead atoms. The molecule has 0 saturated carbocycles. The van der Waals surface area contributed by atoms with Crippen molar-refractivity contribution in [1.29, 1.82) is 0 Å². The highest BCUT2D eigenvalue weighted by Gasteiger charge is 2.14. The Bertz CT molecular complexity index is 640. The number of aromatic nitrogens is 2. The van der Waals surface area contributed by atoms with E-state index in [-0.39, 0.29) is 12.5 Å². The third kappa shape index (κ3) is 5.34. The molecule has 1 amide bonds. The van der Waals surface area contributed by atoms with Gasteiger partial charge in [0.1, 0.15) is 5.75 Å². The Kier molecular flexibility index (Phi) is 6.74. The maximum atomic E-state index is 12.2. The van der Waals surface area contributed by atoms with Gasteiger partial charge in [-0.2, -0.15) is 4.98 Å². The summed E-state index contributed by atoms with van der Waals surface area (Å²) in [7, 11) is 1.61. The Morgan fingerprint density at radius 1 is 1.29 bits per heavy atom. The number of carbonyl (C=O) groups excluding carboxylic acids is 1. The van der Waals surface area contributed by atoms with E-state index in [0.717, 1.165) is 24.3 Å². The van der Waals surface area contributed by atoms with Crippen LogP contribution in [-0.2, 0) is 17.8 Å². The van der Waals surface area contributed by atoms with Crippen molar-refractivity contribution in [2.45, 2.75) is 33.2 Å². The van der Waals surface area contributed by atoms with Gasteiger partial charge in [0, 0.05) is 12.1 Å². The van der Waals surface area contributed by atoms with Crippen molar-refractivity contribution in [3.05, 3.63) is 36.0 Å². The van der Waals surface area contributed by atoms with Crippen molar-refractivity contribution in [2.24, 2.45) is 0 Å². The summed E-state index contributed by atoms with van der Waals surface area (Å²) >= 11 is 0. The van der Waals surface area contributed by atoms with Crippen LogP contribution in [0, 0.1) is 0 Å². The highest BCUT2D eigenvalue weighted by molar-refractivity contribution is 5.92. The normalized spacial score (nSPS) is 10.8. The Balaban J connectivity index is 1.87. The molecule has 1 heterocycles. The van der Waals surface area contributed by atoms with Crippen molar-refractivity contribution in [2.75, 3.05) is 25.5 Å². The minimum atomic E-state index is -0.0877. The number of nitrogens with one attached hydrogen (secondary N) is 1. The van der Waals surface area contributed by atoms with E-state index in [4.69, 9.17) is 9.26 Å². The van der Waals surface area contributed by atoms with Crippen molar-refractivity contribution in [3.8, 4) is 5.75 Å². The molecule has 0 unspecified atom stereocenters. The minimum absolute atomic E-state index is 0.0877. The second-order valence-electron chi connectivity index (χ2n) is 5.43. The van der Waals surface area contributed by atoms with Crippen LogP contribution in [0.15, 0.2) is 28.8 Å². The van der Waals surface area contributed by atoms with E-state index in [1.807, 2.05) is 24.0 Å². The zero-order valence-corrected chi connectivity index (χ0v) is 14.4. The molecule has 0 radical (unpaired) electrons. The topological polar surface area (TPSA) is 80.5 Å². The van der Waals surface area contributed by atoms with Crippen LogP contribution in [0.25, 0.3) is 0 Å². The molecule has 0 aliphatic heterocycles. The second kappa shape index (κ2) is 9.02. The molecule has 0 fully saturated rings. The molecular formula is C17H24N4O3. The average molecular weight is 332 g/mol. The van der Waals surface area contributed by atoms with Crippen LogP contribution in [0.1, 0.15) is 32.0 Å². The van der Waals surface area contributed by atoms with E-state index in [2.05, 4.69) is 22.4 Å². The number of nitrogens with zero attached hydrogens (tertiary/aromatic N) is 3. The maximum absolute atomic E-state index is 12.2. The fraction of sp³-hybridized carbons (Fsp3) is 0.471. The van der Waals surface area contributed by atoms with E-state index in [1.54, 1.807) is 19.2 Å². The first-order valence-corrected chi connectivity index (χ1v) is 8.12. The lowest BCUT2D eigenvalue weighted by Crippen LogP contribution is -2.32. The molecule has 2 aromatic rings. The van der Waals surface area contributed by atoms with E-state index >= 15 is 0 Å². The molecule has 1 aromatic carbocycles. The van der Waals surface area contributed by atoms with Crippen LogP contribution in [0.2, 0.25) is 0 Å². The van der Waals surface area contributed by atoms with Gasteiger partial charge >= 0.3 is 0 Å². The Hall–Kier alpha value is -2.41. The zero-order valence-electron chi connectivity index (χ0n) is 14.4. The molecule has 0 aliphatic rings. The quantitative estimate of drug-likeness (QED) is 0.760. The summed E-state index contributed by atoms with van der Waals surface area (Å²) in [6.45, 7) is 5.49. The first-order valence-electron chi connectivity index (χ1n) is 8.12. The lowest BCUT2D eigenvalue weighted by molar-refractivity contribution is -0.117. The molecule has 0 saturated heterocycles. The number of hydrogen-bond acceptors (Lipinski definition) is 6. The number of carbonyl (C=O) groups is 1. The molecule has 7 heteroatoms. The SMILES string of the molecule is CCCc1noc(CN(CC)CC(=O)Nc2ccc(OC)cc2)n1. The number of benzene rings is 1. The van der Waals surface area contributed by atoms with Crippen LogP contribution >= 0.6 is 0 Å². The predicted octanol–water partition coefficient (Wildman–Crippen LogP) is 2.49. The van der Waals surface area contributed by atoms with Gasteiger partial charge in [0.25, 0.3) is 0 Å². The summed E-state index contributed by atoms with van der Waals surface area (Å²) in [5.74, 6) is 1.92. The minimum Gasteiger partial charge on any atom is -0.497 e. The number of likely N-dealkylation sites (N-methyl/N-ethyl adjacent to an activating group) is 1. The van der Waals surface area contributed by atoms with Crippen molar-refractivity contribution >= 4 is 11.6 Å². The number of rotatable bonds is 9. The molecule has 0 aliphatic carbocycles. The first kappa shape index (κ1) is 17.9. The molecule has 130 valence electrons. The number of aryl methyl sites for hydroxylation is 1. The van der Waals surface area contributed by atoms with Gasteiger partial charge in [-0.1, -0.05) is 19.0 Å². The van der Waals surface area contributed by atoms with E-state index in [0.29, 0.717) is 24.8 Å². The number of amides is 1. The monoisotopic (exact) mass is 332 g/mol. The van der Waals surface area contributed by atoms with E-state index < -0.39 is 0 Å². The number of ether oxygens (including phenoxy) is 1. The Labute approximate surface area is 142 Å². The van der Waals surface area contributed by atoms with Gasteiger partial charge in [-0.25, -0.2) is 0 Å².